The van der Waals surface area contributed by atoms with Crippen molar-refractivity contribution >= 4 is 0 Å². The Kier molecular flexibility index (Phi) is 2.65. The van der Waals surface area contributed by atoms with Gasteiger partial charge in [0, 0.05) is 19.1 Å². The molecule has 3 aliphatic rings. The van der Waals surface area contributed by atoms with Gasteiger partial charge in [-0.15, -0.1) is 0 Å². The molecule has 3 aliphatic carbocycles. The number of nitrogens with one attached hydrogen (secondary N) is 1. The Hall–Kier alpha value is -0.590. The van der Waals surface area contributed by atoms with E-state index in [1.165, 1.54) is 25.7 Å². The van der Waals surface area contributed by atoms with Crippen LogP contribution in [0.2, 0.25) is 0 Å². The molecule has 3 nitrogen and oxygen atoms in total. The Bertz CT molecular complexity index is 304. The van der Waals surface area contributed by atoms with Gasteiger partial charge in [0.15, 0.2) is 0 Å². The average Bonchev–Trinajstić information content (AvgIpc) is 3.18. The van der Waals surface area contributed by atoms with Crippen LogP contribution < -0.4 is 5.32 Å². The second-order valence-corrected chi connectivity index (χ2v) is 5.75. The number of hydrogen-bond donors (Lipinski definition) is 1. The van der Waals surface area contributed by atoms with Crippen molar-refractivity contribution in [3.63, 3.8) is 0 Å². The van der Waals surface area contributed by atoms with E-state index in [1.54, 1.807) is 0 Å². The third kappa shape index (κ3) is 2.39. The monoisotopic (exact) mass is 220 g/mol. The number of nitriles is 1. The molecule has 3 saturated carbocycles. The van der Waals surface area contributed by atoms with Gasteiger partial charge in [0.05, 0.1) is 12.2 Å². The van der Waals surface area contributed by atoms with E-state index in [2.05, 4.69) is 11.4 Å². The molecule has 3 fully saturated rings. The molecule has 0 amide bonds. The van der Waals surface area contributed by atoms with Crippen molar-refractivity contribution in [1.29, 1.82) is 5.26 Å². The van der Waals surface area contributed by atoms with E-state index in [4.69, 9.17) is 4.74 Å². The molecule has 3 heteroatoms. The van der Waals surface area contributed by atoms with E-state index < -0.39 is 0 Å². The fraction of sp³-hybridized carbons (Fsp3) is 0.923. The van der Waals surface area contributed by atoms with Crippen LogP contribution in [-0.4, -0.2) is 24.3 Å². The van der Waals surface area contributed by atoms with Crippen LogP contribution in [0.15, 0.2) is 0 Å². The van der Waals surface area contributed by atoms with E-state index in [1.807, 2.05) is 0 Å². The van der Waals surface area contributed by atoms with Crippen molar-refractivity contribution in [1.82, 2.24) is 5.32 Å². The summed E-state index contributed by atoms with van der Waals surface area (Å²) >= 11 is 0. The average molecular weight is 220 g/mol. The second kappa shape index (κ2) is 4.01. The van der Waals surface area contributed by atoms with Crippen LogP contribution in [0.1, 0.15) is 44.9 Å². The van der Waals surface area contributed by atoms with Crippen molar-refractivity contribution in [2.75, 3.05) is 6.61 Å². The fourth-order valence-corrected chi connectivity index (χ4v) is 2.58. The zero-order valence-electron chi connectivity index (χ0n) is 9.74. The van der Waals surface area contributed by atoms with Gasteiger partial charge >= 0.3 is 0 Å². The quantitative estimate of drug-likeness (QED) is 0.770. The molecule has 88 valence electrons. The van der Waals surface area contributed by atoms with E-state index in [0.29, 0.717) is 12.1 Å². The molecule has 16 heavy (non-hydrogen) atoms. The SMILES string of the molecule is N#CC1(NC2CC2)CCC(OCC2CC2)C1. The summed E-state index contributed by atoms with van der Waals surface area (Å²) in [4.78, 5) is 0. The number of ether oxygens (including phenoxy) is 1. The lowest BCUT2D eigenvalue weighted by Gasteiger charge is -2.22. The molecule has 0 heterocycles. The maximum atomic E-state index is 9.33. The summed E-state index contributed by atoms with van der Waals surface area (Å²) < 4.78 is 5.89. The smallest absolute Gasteiger partial charge is 0.109 e. The zero-order valence-corrected chi connectivity index (χ0v) is 9.74. The Morgan fingerprint density at radius 3 is 2.69 bits per heavy atom. The Morgan fingerprint density at radius 2 is 2.06 bits per heavy atom. The minimum absolute atomic E-state index is 0.268. The summed E-state index contributed by atoms with van der Waals surface area (Å²) in [7, 11) is 0. The highest BCUT2D eigenvalue weighted by atomic mass is 16.5. The minimum atomic E-state index is -0.268. The third-order valence-corrected chi connectivity index (χ3v) is 4.01. The number of hydrogen-bond acceptors (Lipinski definition) is 3. The maximum Gasteiger partial charge on any atom is 0.109 e. The molecule has 0 radical (unpaired) electrons. The topological polar surface area (TPSA) is 45.0 Å². The van der Waals surface area contributed by atoms with Gasteiger partial charge in [0.25, 0.3) is 0 Å². The predicted molar refractivity (Wildman–Crippen MR) is 60.8 cm³/mol. The molecule has 2 atom stereocenters. The first kappa shape index (κ1) is 10.6. The minimum Gasteiger partial charge on any atom is -0.378 e. The van der Waals surface area contributed by atoms with Crippen LogP contribution in [0.3, 0.4) is 0 Å². The van der Waals surface area contributed by atoms with Gasteiger partial charge in [-0.3, -0.25) is 5.32 Å². The summed E-state index contributed by atoms with van der Waals surface area (Å²) in [6.45, 7) is 0.926. The number of nitrogens with zero attached hydrogens (tertiary/aromatic N) is 1. The molecular weight excluding hydrogens is 200 g/mol. The van der Waals surface area contributed by atoms with Gasteiger partial charge in [0.1, 0.15) is 5.54 Å². The summed E-state index contributed by atoms with van der Waals surface area (Å²) in [5, 5.41) is 12.8. The third-order valence-electron chi connectivity index (χ3n) is 4.01. The first-order valence-electron chi connectivity index (χ1n) is 6.60. The molecule has 2 unspecified atom stereocenters. The van der Waals surface area contributed by atoms with Gasteiger partial charge in [-0.05, 0) is 44.4 Å². The lowest BCUT2D eigenvalue weighted by atomic mass is 9.99. The van der Waals surface area contributed by atoms with Crippen molar-refractivity contribution in [3.8, 4) is 6.07 Å². The molecule has 0 aliphatic heterocycles. The zero-order chi connectivity index (χ0) is 11.0. The molecular formula is C13H20N2O. The summed E-state index contributed by atoms with van der Waals surface area (Å²) in [6.07, 6.45) is 8.43. The first-order valence-corrected chi connectivity index (χ1v) is 6.60. The second-order valence-electron chi connectivity index (χ2n) is 5.75. The van der Waals surface area contributed by atoms with Crippen LogP contribution >= 0.6 is 0 Å². The van der Waals surface area contributed by atoms with Crippen molar-refractivity contribution in [2.45, 2.75) is 62.6 Å². The standard InChI is InChI=1S/C13H20N2O/c14-9-13(15-11-3-4-11)6-5-12(7-13)16-8-10-1-2-10/h10-12,15H,1-8H2. The molecule has 3 rings (SSSR count). The van der Waals surface area contributed by atoms with Gasteiger partial charge < -0.3 is 4.74 Å². The van der Waals surface area contributed by atoms with Crippen LogP contribution in [-0.2, 0) is 4.74 Å². The lowest BCUT2D eigenvalue weighted by Crippen LogP contribution is -2.43. The van der Waals surface area contributed by atoms with Gasteiger partial charge in [-0.25, -0.2) is 0 Å². The van der Waals surface area contributed by atoms with E-state index in [9.17, 15) is 5.26 Å². The number of rotatable bonds is 5. The van der Waals surface area contributed by atoms with Crippen LogP contribution in [0.4, 0.5) is 0 Å². The Labute approximate surface area is 97.2 Å². The molecule has 0 aromatic heterocycles. The van der Waals surface area contributed by atoms with Gasteiger partial charge in [-0.2, -0.15) is 5.26 Å². The molecule has 0 aromatic rings. The Morgan fingerprint density at radius 1 is 1.25 bits per heavy atom. The van der Waals surface area contributed by atoms with Crippen LogP contribution in [0.25, 0.3) is 0 Å². The maximum absolute atomic E-state index is 9.33. The van der Waals surface area contributed by atoms with E-state index in [-0.39, 0.29) is 5.54 Å². The normalized spacial score (nSPS) is 38.6. The molecule has 0 spiro atoms. The van der Waals surface area contributed by atoms with E-state index >= 15 is 0 Å². The molecule has 0 saturated heterocycles. The van der Waals surface area contributed by atoms with E-state index in [0.717, 1.165) is 31.8 Å². The highest BCUT2D eigenvalue weighted by Gasteiger charge is 2.43. The highest BCUT2D eigenvalue weighted by molar-refractivity contribution is 5.14. The van der Waals surface area contributed by atoms with Crippen molar-refractivity contribution in [2.24, 2.45) is 5.92 Å². The molecule has 0 bridgehead atoms. The largest absolute Gasteiger partial charge is 0.378 e. The first-order chi connectivity index (χ1) is 7.80. The fourth-order valence-electron chi connectivity index (χ4n) is 2.58. The van der Waals surface area contributed by atoms with Crippen molar-refractivity contribution in [3.05, 3.63) is 0 Å². The lowest BCUT2D eigenvalue weighted by molar-refractivity contribution is 0.0474. The van der Waals surface area contributed by atoms with Crippen molar-refractivity contribution < 1.29 is 4.74 Å². The predicted octanol–water partition coefficient (Wildman–Crippen LogP) is 1.98. The molecule has 1 N–H and O–H groups in total. The van der Waals surface area contributed by atoms with Gasteiger partial charge in [-0.1, -0.05) is 0 Å². The summed E-state index contributed by atoms with van der Waals surface area (Å²) in [5.74, 6) is 0.827. The summed E-state index contributed by atoms with van der Waals surface area (Å²) in [5.41, 5.74) is -0.268. The van der Waals surface area contributed by atoms with Crippen LogP contribution in [0, 0.1) is 17.2 Å². The Balaban J connectivity index is 1.50. The molecule has 0 aromatic carbocycles. The highest BCUT2D eigenvalue weighted by Crippen LogP contribution is 2.36. The summed E-state index contributed by atoms with van der Waals surface area (Å²) in [6, 6.07) is 3.10. The van der Waals surface area contributed by atoms with Crippen LogP contribution in [0.5, 0.6) is 0 Å². The van der Waals surface area contributed by atoms with Gasteiger partial charge in [0.2, 0.25) is 0 Å².